The van der Waals surface area contributed by atoms with E-state index in [1.165, 1.54) is 0 Å². The lowest BCUT2D eigenvalue weighted by atomic mass is 9.90. The molecule has 0 rings (SSSR count). The summed E-state index contributed by atoms with van der Waals surface area (Å²) < 4.78 is 0. The van der Waals surface area contributed by atoms with Crippen LogP contribution in [0.5, 0.6) is 0 Å². The Morgan fingerprint density at radius 2 is 1.62 bits per heavy atom. The van der Waals surface area contributed by atoms with Crippen LogP contribution in [0, 0.1) is 11.8 Å². The highest BCUT2D eigenvalue weighted by Gasteiger charge is 2.36. The minimum absolute atomic E-state index is 0.336. The van der Waals surface area contributed by atoms with E-state index in [4.69, 9.17) is 10.2 Å². The van der Waals surface area contributed by atoms with E-state index in [1.807, 2.05) is 0 Å². The number of aliphatic hydroxyl groups excluding tert-OH is 1. The standard InChI is InChI=1S/C8H14O5/c1-3-4(2)6(9)5(7(10)11)8(12)13/h4-6,9H,3H2,1-2H3,(H,10,11)(H,12,13). The van der Waals surface area contributed by atoms with Crippen molar-refractivity contribution in [2.75, 3.05) is 0 Å². The number of hydrogen-bond donors (Lipinski definition) is 3. The van der Waals surface area contributed by atoms with E-state index in [0.717, 1.165) is 0 Å². The molecule has 0 saturated heterocycles. The number of carboxylic acid groups (broad SMARTS) is 2. The molecule has 0 amide bonds. The van der Waals surface area contributed by atoms with Crippen molar-refractivity contribution in [2.24, 2.45) is 11.8 Å². The molecule has 0 aromatic carbocycles. The molecule has 0 aromatic rings. The van der Waals surface area contributed by atoms with Gasteiger partial charge in [-0.15, -0.1) is 0 Å². The average Bonchev–Trinajstić information content (AvgIpc) is 2.01. The number of hydrogen-bond acceptors (Lipinski definition) is 3. The Bertz CT molecular complexity index is 187. The first-order valence-electron chi connectivity index (χ1n) is 4.05. The summed E-state index contributed by atoms with van der Waals surface area (Å²) in [5.41, 5.74) is 0. The van der Waals surface area contributed by atoms with E-state index in [-0.39, 0.29) is 5.92 Å². The van der Waals surface area contributed by atoms with Crippen molar-refractivity contribution in [3.63, 3.8) is 0 Å². The van der Waals surface area contributed by atoms with Crippen LogP contribution in [0.2, 0.25) is 0 Å². The van der Waals surface area contributed by atoms with E-state index >= 15 is 0 Å². The zero-order chi connectivity index (χ0) is 10.6. The maximum Gasteiger partial charge on any atom is 0.320 e. The van der Waals surface area contributed by atoms with Crippen molar-refractivity contribution in [2.45, 2.75) is 26.4 Å². The molecule has 0 aliphatic heterocycles. The van der Waals surface area contributed by atoms with Crippen LogP contribution in [0.25, 0.3) is 0 Å². The van der Waals surface area contributed by atoms with E-state index < -0.39 is 24.0 Å². The first kappa shape index (κ1) is 11.9. The predicted octanol–water partition coefficient (Wildman–Crippen LogP) is 0.179. The molecule has 0 aliphatic carbocycles. The minimum atomic E-state index is -1.73. The van der Waals surface area contributed by atoms with Crippen LogP contribution in [-0.4, -0.2) is 33.4 Å². The molecule has 13 heavy (non-hydrogen) atoms. The van der Waals surface area contributed by atoms with Crippen LogP contribution in [0.15, 0.2) is 0 Å². The second-order valence-corrected chi connectivity index (χ2v) is 3.03. The third-order valence-electron chi connectivity index (χ3n) is 2.10. The van der Waals surface area contributed by atoms with Crippen LogP contribution in [0.1, 0.15) is 20.3 Å². The fourth-order valence-corrected chi connectivity index (χ4v) is 0.968. The Kier molecular flexibility index (Phi) is 4.40. The molecule has 0 radical (unpaired) electrons. The van der Waals surface area contributed by atoms with Crippen molar-refractivity contribution in [1.82, 2.24) is 0 Å². The Balaban J connectivity index is 4.55. The largest absolute Gasteiger partial charge is 0.481 e. The Morgan fingerprint density at radius 1 is 1.23 bits per heavy atom. The molecule has 0 fully saturated rings. The second kappa shape index (κ2) is 4.81. The predicted molar refractivity (Wildman–Crippen MR) is 44.2 cm³/mol. The second-order valence-electron chi connectivity index (χ2n) is 3.03. The van der Waals surface area contributed by atoms with Crippen LogP contribution >= 0.6 is 0 Å². The van der Waals surface area contributed by atoms with Crippen molar-refractivity contribution < 1.29 is 24.9 Å². The van der Waals surface area contributed by atoms with Gasteiger partial charge in [0, 0.05) is 0 Å². The monoisotopic (exact) mass is 190 g/mol. The number of aliphatic hydroxyl groups is 1. The molecule has 5 nitrogen and oxygen atoms in total. The molecule has 5 heteroatoms. The number of carboxylic acids is 2. The molecule has 0 spiro atoms. The summed E-state index contributed by atoms with van der Waals surface area (Å²) >= 11 is 0. The molecule has 76 valence electrons. The zero-order valence-corrected chi connectivity index (χ0v) is 7.60. The first-order chi connectivity index (χ1) is 5.91. The molecule has 0 heterocycles. The summed E-state index contributed by atoms with van der Waals surface area (Å²) in [4.78, 5) is 20.9. The highest BCUT2D eigenvalue weighted by atomic mass is 16.4. The molecule has 2 unspecified atom stereocenters. The Labute approximate surface area is 76.0 Å². The summed E-state index contributed by atoms with van der Waals surface area (Å²) in [6.45, 7) is 3.37. The van der Waals surface area contributed by atoms with E-state index in [2.05, 4.69) is 0 Å². The third kappa shape index (κ3) is 3.02. The lowest BCUT2D eigenvalue weighted by Gasteiger charge is -2.20. The number of aliphatic carboxylic acids is 2. The van der Waals surface area contributed by atoms with Gasteiger partial charge >= 0.3 is 11.9 Å². The SMILES string of the molecule is CCC(C)C(O)C(C(=O)O)C(=O)O. The van der Waals surface area contributed by atoms with Gasteiger partial charge in [-0.3, -0.25) is 9.59 Å². The normalized spacial score (nSPS) is 15.4. The molecule has 0 saturated carbocycles. The minimum Gasteiger partial charge on any atom is -0.481 e. The summed E-state index contributed by atoms with van der Waals surface area (Å²) in [6.07, 6.45) is -0.793. The summed E-state index contributed by atoms with van der Waals surface area (Å²) in [5, 5.41) is 26.4. The molecule has 0 bridgehead atoms. The lowest BCUT2D eigenvalue weighted by molar-refractivity contribution is -0.161. The molecule has 0 aliphatic rings. The van der Waals surface area contributed by atoms with Gasteiger partial charge in [0.25, 0.3) is 0 Å². The summed E-state index contributed by atoms with van der Waals surface area (Å²) in [7, 11) is 0. The number of rotatable bonds is 5. The number of carbonyl (C=O) groups is 2. The maximum atomic E-state index is 10.5. The topological polar surface area (TPSA) is 94.8 Å². The molecule has 0 aromatic heterocycles. The van der Waals surface area contributed by atoms with Crippen molar-refractivity contribution >= 4 is 11.9 Å². The van der Waals surface area contributed by atoms with Gasteiger partial charge in [-0.1, -0.05) is 20.3 Å². The third-order valence-corrected chi connectivity index (χ3v) is 2.10. The van der Waals surface area contributed by atoms with E-state index in [1.54, 1.807) is 13.8 Å². The fraction of sp³-hybridized carbons (Fsp3) is 0.750. The van der Waals surface area contributed by atoms with Crippen molar-refractivity contribution in [1.29, 1.82) is 0 Å². The zero-order valence-electron chi connectivity index (χ0n) is 7.60. The van der Waals surface area contributed by atoms with Crippen LogP contribution in [-0.2, 0) is 9.59 Å². The summed E-state index contributed by atoms with van der Waals surface area (Å²) in [6, 6.07) is 0. The van der Waals surface area contributed by atoms with Gasteiger partial charge in [0.15, 0.2) is 5.92 Å². The first-order valence-corrected chi connectivity index (χ1v) is 4.05. The molecular formula is C8H14O5. The lowest BCUT2D eigenvalue weighted by Crippen LogP contribution is -2.38. The van der Waals surface area contributed by atoms with Crippen LogP contribution < -0.4 is 0 Å². The van der Waals surface area contributed by atoms with Gasteiger partial charge in [-0.25, -0.2) is 0 Å². The molecular weight excluding hydrogens is 176 g/mol. The van der Waals surface area contributed by atoms with Gasteiger partial charge in [-0.05, 0) is 5.92 Å². The molecule has 3 N–H and O–H groups in total. The fourth-order valence-electron chi connectivity index (χ4n) is 0.968. The Hall–Kier alpha value is -1.10. The van der Waals surface area contributed by atoms with E-state index in [0.29, 0.717) is 6.42 Å². The quantitative estimate of drug-likeness (QED) is 0.537. The summed E-state index contributed by atoms with van der Waals surface area (Å²) in [5.74, 6) is -5.06. The van der Waals surface area contributed by atoms with Crippen molar-refractivity contribution in [3.05, 3.63) is 0 Å². The van der Waals surface area contributed by atoms with Gasteiger partial charge in [0.05, 0.1) is 6.10 Å². The maximum absolute atomic E-state index is 10.5. The average molecular weight is 190 g/mol. The smallest absolute Gasteiger partial charge is 0.320 e. The van der Waals surface area contributed by atoms with Crippen molar-refractivity contribution in [3.8, 4) is 0 Å². The highest BCUT2D eigenvalue weighted by molar-refractivity contribution is 5.93. The highest BCUT2D eigenvalue weighted by Crippen LogP contribution is 2.16. The molecule has 2 atom stereocenters. The van der Waals surface area contributed by atoms with Gasteiger partial charge in [-0.2, -0.15) is 0 Å². The van der Waals surface area contributed by atoms with Crippen LogP contribution in [0.4, 0.5) is 0 Å². The Morgan fingerprint density at radius 3 is 1.85 bits per heavy atom. The van der Waals surface area contributed by atoms with Gasteiger partial charge < -0.3 is 15.3 Å². The van der Waals surface area contributed by atoms with Gasteiger partial charge in [0.2, 0.25) is 0 Å². The van der Waals surface area contributed by atoms with E-state index in [9.17, 15) is 14.7 Å². The van der Waals surface area contributed by atoms with Gasteiger partial charge in [0.1, 0.15) is 0 Å². The van der Waals surface area contributed by atoms with Crippen LogP contribution in [0.3, 0.4) is 0 Å².